The highest BCUT2D eigenvalue weighted by Gasteiger charge is 2.28. The number of rotatable bonds is 15. The van der Waals surface area contributed by atoms with Crippen LogP contribution in [0.15, 0.2) is 36.4 Å². The van der Waals surface area contributed by atoms with E-state index in [0.29, 0.717) is 31.1 Å². The van der Waals surface area contributed by atoms with Gasteiger partial charge in [-0.25, -0.2) is 14.0 Å². The number of benzene rings is 2. The van der Waals surface area contributed by atoms with Crippen LogP contribution in [0.4, 0.5) is 15.8 Å². The third kappa shape index (κ3) is 9.72. The molecule has 41 heavy (non-hydrogen) atoms. The van der Waals surface area contributed by atoms with Gasteiger partial charge in [-0.05, 0) is 55.4 Å². The van der Waals surface area contributed by atoms with Gasteiger partial charge in [-0.3, -0.25) is 10.1 Å². The zero-order chi connectivity index (χ0) is 29.8. The number of nitrogen functional groups attached to an aromatic ring is 1. The summed E-state index contributed by atoms with van der Waals surface area (Å²) in [6.45, 7) is 4.71. The Labute approximate surface area is 240 Å². The molecule has 1 fully saturated rings. The molecule has 0 radical (unpaired) electrons. The van der Waals surface area contributed by atoms with Gasteiger partial charge in [-0.15, -0.1) is 0 Å². The first-order chi connectivity index (χ1) is 19.7. The third-order valence-corrected chi connectivity index (χ3v) is 7.53. The molecule has 3 rings (SSSR count). The first-order valence-electron chi connectivity index (χ1n) is 14.6. The summed E-state index contributed by atoms with van der Waals surface area (Å²) in [5.74, 6) is -0.507. The quantitative estimate of drug-likeness (QED) is 0.0576. The van der Waals surface area contributed by atoms with E-state index in [-0.39, 0.29) is 23.4 Å². The Morgan fingerprint density at radius 3 is 2.24 bits per heavy atom. The van der Waals surface area contributed by atoms with Crippen molar-refractivity contribution in [2.45, 2.75) is 90.6 Å². The summed E-state index contributed by atoms with van der Waals surface area (Å²) in [7, 11) is 0. The fourth-order valence-corrected chi connectivity index (χ4v) is 5.01. The van der Waals surface area contributed by atoms with E-state index in [1.165, 1.54) is 51.4 Å². The van der Waals surface area contributed by atoms with E-state index < -0.39 is 34.5 Å². The smallest absolute Gasteiger partial charge is 0.346 e. The van der Waals surface area contributed by atoms with Gasteiger partial charge in [0.05, 0.1) is 22.8 Å². The minimum absolute atomic E-state index is 0.0625. The van der Waals surface area contributed by atoms with Crippen molar-refractivity contribution in [3.63, 3.8) is 0 Å². The molecular formula is C31H41FN2O7. The number of hydrogen-bond donors (Lipinski definition) is 1. The molecule has 9 nitrogen and oxygen atoms in total. The third-order valence-electron chi connectivity index (χ3n) is 7.53. The van der Waals surface area contributed by atoms with Crippen LogP contribution < -0.4 is 19.9 Å². The monoisotopic (exact) mass is 572 g/mol. The van der Waals surface area contributed by atoms with E-state index >= 15 is 0 Å². The molecule has 0 saturated heterocycles. The number of nitrogens with zero attached hydrogens (tertiary/aromatic N) is 1. The molecular weight excluding hydrogens is 531 g/mol. The van der Waals surface area contributed by atoms with E-state index in [1.807, 2.05) is 6.92 Å². The van der Waals surface area contributed by atoms with Crippen LogP contribution in [0.5, 0.6) is 17.2 Å². The Morgan fingerprint density at radius 2 is 1.61 bits per heavy atom. The van der Waals surface area contributed by atoms with Crippen LogP contribution >= 0.6 is 0 Å². The summed E-state index contributed by atoms with van der Waals surface area (Å²) in [4.78, 5) is 35.5. The van der Waals surface area contributed by atoms with Crippen molar-refractivity contribution in [2.24, 2.45) is 11.8 Å². The highest BCUT2D eigenvalue weighted by molar-refractivity contribution is 5.98. The van der Waals surface area contributed by atoms with E-state index in [0.717, 1.165) is 18.1 Å². The fraction of sp³-hybridized carbons (Fsp3) is 0.548. The standard InChI is InChI=1S/C31H41FN2O7/c1-3-5-7-8-21-10-12-22(13-11-21)20-39-23-14-16-24(17-15-23)40-30(35)25-18-28(34(37)38)29(19-27(25)33)41-31(36)26(32)9-6-4-2/h14-19,21-22,26H,3-13,20,33H2,1-2H3. The summed E-state index contributed by atoms with van der Waals surface area (Å²) < 4.78 is 30.3. The minimum atomic E-state index is -1.93. The van der Waals surface area contributed by atoms with Crippen molar-refractivity contribution in [2.75, 3.05) is 12.3 Å². The number of nitrogens with two attached hydrogens (primary N) is 1. The lowest BCUT2D eigenvalue weighted by atomic mass is 9.80. The molecule has 0 aliphatic heterocycles. The second kappa shape index (κ2) is 15.9. The van der Waals surface area contributed by atoms with Gasteiger partial charge < -0.3 is 19.9 Å². The summed E-state index contributed by atoms with van der Waals surface area (Å²) in [6, 6.07) is 8.33. The number of anilines is 1. The van der Waals surface area contributed by atoms with Gasteiger partial charge in [0.1, 0.15) is 11.5 Å². The lowest BCUT2D eigenvalue weighted by molar-refractivity contribution is -0.385. The summed E-state index contributed by atoms with van der Waals surface area (Å²) >= 11 is 0. The first kappa shape index (κ1) is 31.8. The summed E-state index contributed by atoms with van der Waals surface area (Å²) in [5, 5.41) is 11.6. The lowest BCUT2D eigenvalue weighted by Crippen LogP contribution is -2.22. The molecule has 2 aromatic carbocycles. The van der Waals surface area contributed by atoms with Crippen molar-refractivity contribution in [3.05, 3.63) is 52.1 Å². The SMILES string of the molecule is CCCCCC1CCC(COc2ccc(OC(=O)c3cc([N+](=O)[O-])c(OC(=O)C(F)CCCC)cc3N)cc2)CC1. The number of ether oxygens (including phenoxy) is 3. The molecule has 0 heterocycles. The van der Waals surface area contributed by atoms with Crippen molar-refractivity contribution in [3.8, 4) is 17.2 Å². The van der Waals surface area contributed by atoms with Gasteiger partial charge in [0.15, 0.2) is 6.17 Å². The van der Waals surface area contributed by atoms with Gasteiger partial charge in [0.2, 0.25) is 5.75 Å². The molecule has 1 aliphatic carbocycles. The molecule has 1 atom stereocenters. The maximum atomic E-state index is 14.0. The molecule has 1 saturated carbocycles. The van der Waals surface area contributed by atoms with E-state index in [2.05, 4.69) is 6.92 Å². The molecule has 0 aromatic heterocycles. The van der Waals surface area contributed by atoms with Gasteiger partial charge in [-0.1, -0.05) is 65.2 Å². The number of hydrogen-bond acceptors (Lipinski definition) is 8. The number of carbonyl (C=O) groups is 2. The van der Waals surface area contributed by atoms with E-state index in [4.69, 9.17) is 19.9 Å². The van der Waals surface area contributed by atoms with Gasteiger partial charge in [-0.2, -0.15) is 0 Å². The maximum absolute atomic E-state index is 14.0. The predicted molar refractivity (Wildman–Crippen MR) is 154 cm³/mol. The Hall–Kier alpha value is -3.69. The van der Waals surface area contributed by atoms with E-state index in [1.54, 1.807) is 24.3 Å². The second-order valence-electron chi connectivity index (χ2n) is 10.7. The van der Waals surface area contributed by atoms with Crippen molar-refractivity contribution < 1.29 is 33.1 Å². The maximum Gasteiger partial charge on any atom is 0.346 e. The number of alkyl halides is 1. The molecule has 0 spiro atoms. The number of unbranched alkanes of at least 4 members (excludes halogenated alkanes) is 3. The van der Waals surface area contributed by atoms with Gasteiger partial charge >= 0.3 is 17.6 Å². The van der Waals surface area contributed by atoms with Crippen LogP contribution in [0.3, 0.4) is 0 Å². The van der Waals surface area contributed by atoms with Gasteiger partial charge in [0.25, 0.3) is 0 Å². The van der Waals surface area contributed by atoms with Gasteiger partial charge in [0, 0.05) is 12.1 Å². The molecule has 2 N–H and O–H groups in total. The summed E-state index contributed by atoms with van der Waals surface area (Å²) in [6.07, 6.45) is 9.22. The normalized spacial score (nSPS) is 17.4. The van der Waals surface area contributed by atoms with Crippen molar-refractivity contribution in [1.82, 2.24) is 0 Å². The fourth-order valence-electron chi connectivity index (χ4n) is 5.01. The average molecular weight is 573 g/mol. The Kier molecular flexibility index (Phi) is 12.4. The number of carbonyl (C=O) groups excluding carboxylic acids is 2. The lowest BCUT2D eigenvalue weighted by Gasteiger charge is -2.28. The van der Waals surface area contributed by atoms with E-state index in [9.17, 15) is 24.1 Å². The summed E-state index contributed by atoms with van der Waals surface area (Å²) in [5.41, 5.74) is 4.71. The molecule has 10 heteroatoms. The second-order valence-corrected chi connectivity index (χ2v) is 10.7. The molecule has 1 aliphatic rings. The number of esters is 2. The Balaban J connectivity index is 1.55. The van der Waals surface area contributed by atoms with Crippen LogP contribution in [0, 0.1) is 22.0 Å². The highest BCUT2D eigenvalue weighted by atomic mass is 19.1. The van der Waals surface area contributed by atoms with Crippen LogP contribution in [0.1, 0.15) is 94.8 Å². The molecule has 224 valence electrons. The van der Waals surface area contributed by atoms with Crippen LogP contribution in [0.2, 0.25) is 0 Å². The zero-order valence-electron chi connectivity index (χ0n) is 23.9. The highest BCUT2D eigenvalue weighted by Crippen LogP contribution is 2.34. The van der Waals surface area contributed by atoms with Crippen molar-refractivity contribution >= 4 is 23.3 Å². The Bertz CT molecular complexity index is 1160. The molecule has 0 bridgehead atoms. The van der Waals surface area contributed by atoms with Crippen LogP contribution in [-0.4, -0.2) is 29.6 Å². The van der Waals surface area contributed by atoms with Crippen molar-refractivity contribution in [1.29, 1.82) is 0 Å². The first-order valence-corrected chi connectivity index (χ1v) is 14.6. The topological polar surface area (TPSA) is 131 Å². The largest absolute Gasteiger partial charge is 0.493 e. The Morgan fingerprint density at radius 1 is 0.976 bits per heavy atom. The zero-order valence-corrected chi connectivity index (χ0v) is 23.9. The predicted octanol–water partition coefficient (Wildman–Crippen LogP) is 7.60. The minimum Gasteiger partial charge on any atom is -0.493 e. The molecule has 2 aromatic rings. The average Bonchev–Trinajstić information content (AvgIpc) is 2.96. The van der Waals surface area contributed by atoms with Crippen LogP contribution in [0.25, 0.3) is 0 Å². The number of nitro benzene ring substituents is 1. The number of nitro groups is 1. The van der Waals surface area contributed by atoms with Crippen LogP contribution in [-0.2, 0) is 4.79 Å². The molecule has 0 amide bonds. The number of halogens is 1. The molecule has 1 unspecified atom stereocenters.